The molecule has 0 fully saturated rings. The normalized spacial score (nSPS) is 12.1. The van der Waals surface area contributed by atoms with Crippen LogP contribution in [0.1, 0.15) is 34.2 Å². The number of benzene rings is 2. The number of halogens is 2. The maximum Gasteiger partial charge on any atom is 0.303 e. The summed E-state index contributed by atoms with van der Waals surface area (Å²) in [6.07, 6.45) is 1.48. The molecule has 0 heterocycles. The maximum absolute atomic E-state index is 10.9. The maximum atomic E-state index is 10.9. The molecule has 0 radical (unpaired) electrons. The number of fused-ring (bicyclic) bond motifs is 3. The minimum Gasteiger partial charge on any atom is -0.481 e. The molecule has 0 saturated carbocycles. The summed E-state index contributed by atoms with van der Waals surface area (Å²) in [7, 11) is 0. The molecule has 0 aliphatic heterocycles. The predicted octanol–water partition coefficient (Wildman–Crippen LogP) is 4.75. The largest absolute Gasteiger partial charge is 0.481 e. The predicted molar refractivity (Wildman–Crippen MR) is 89.8 cm³/mol. The first-order valence-electron chi connectivity index (χ1n) is 7.23. The van der Waals surface area contributed by atoms with Crippen LogP contribution in [0.4, 0.5) is 0 Å². The highest BCUT2D eigenvalue weighted by molar-refractivity contribution is 6.17. The van der Waals surface area contributed by atoms with Gasteiger partial charge >= 0.3 is 5.97 Å². The number of rotatable bonds is 5. The molecule has 3 rings (SSSR count). The Kier molecular flexibility index (Phi) is 4.42. The molecule has 4 heteroatoms. The third kappa shape index (κ3) is 2.73. The summed E-state index contributed by atoms with van der Waals surface area (Å²) in [5.74, 6) is 0.131. The lowest BCUT2D eigenvalue weighted by atomic mass is 9.93. The Balaban J connectivity index is 2.06. The number of alkyl halides is 2. The lowest BCUT2D eigenvalue weighted by Gasteiger charge is -2.12. The van der Waals surface area contributed by atoms with Gasteiger partial charge in [-0.15, -0.1) is 23.2 Å². The minimum atomic E-state index is -0.780. The molecular formula is C18H16Cl2O2. The zero-order chi connectivity index (χ0) is 15.7. The van der Waals surface area contributed by atoms with E-state index in [4.69, 9.17) is 28.3 Å². The number of carboxylic acid groups (broad SMARTS) is 1. The molecule has 1 N–H and O–H groups in total. The van der Waals surface area contributed by atoms with Crippen LogP contribution in [0.15, 0.2) is 30.3 Å². The number of carboxylic acids is 1. The Morgan fingerprint density at radius 2 is 1.86 bits per heavy atom. The first-order chi connectivity index (χ1) is 10.6. The minimum absolute atomic E-state index is 0.129. The molecule has 2 nitrogen and oxygen atoms in total. The molecule has 0 spiro atoms. The molecule has 2 aromatic rings. The van der Waals surface area contributed by atoms with Gasteiger partial charge in [0, 0.05) is 18.2 Å². The van der Waals surface area contributed by atoms with E-state index < -0.39 is 5.97 Å². The van der Waals surface area contributed by atoms with E-state index in [1.165, 1.54) is 22.3 Å². The Labute approximate surface area is 139 Å². The molecule has 2 aromatic carbocycles. The van der Waals surface area contributed by atoms with Gasteiger partial charge < -0.3 is 5.11 Å². The van der Waals surface area contributed by atoms with Crippen molar-refractivity contribution in [2.75, 3.05) is 0 Å². The van der Waals surface area contributed by atoms with Crippen LogP contribution in [0, 0.1) is 0 Å². The molecule has 0 unspecified atom stereocenters. The monoisotopic (exact) mass is 334 g/mol. The molecule has 0 saturated heterocycles. The third-order valence-corrected chi connectivity index (χ3v) is 4.84. The van der Waals surface area contributed by atoms with Crippen LogP contribution >= 0.6 is 23.2 Å². The number of aliphatic carboxylic acids is 1. The van der Waals surface area contributed by atoms with E-state index in [0.717, 1.165) is 23.1 Å². The van der Waals surface area contributed by atoms with Crippen molar-refractivity contribution in [3.63, 3.8) is 0 Å². The van der Waals surface area contributed by atoms with E-state index in [1.807, 2.05) is 12.1 Å². The highest BCUT2D eigenvalue weighted by Gasteiger charge is 2.23. The van der Waals surface area contributed by atoms with Gasteiger partial charge in [-0.3, -0.25) is 4.79 Å². The zero-order valence-corrected chi connectivity index (χ0v) is 13.5. The molecule has 114 valence electrons. The quantitative estimate of drug-likeness (QED) is 0.683. The summed E-state index contributed by atoms with van der Waals surface area (Å²) in [6.45, 7) is 0. The highest BCUT2D eigenvalue weighted by Crippen LogP contribution is 2.40. The standard InChI is InChI=1S/C18H16Cl2O2/c19-9-11-1-3-15-13(7-11)8-17-14(5-6-18(21)22)12(10-20)2-4-16(15)17/h1-4,7H,5-6,8-10H2,(H,21,22). The van der Waals surface area contributed by atoms with Crippen LogP contribution in [0.25, 0.3) is 11.1 Å². The Morgan fingerprint density at radius 3 is 2.55 bits per heavy atom. The topological polar surface area (TPSA) is 37.3 Å². The van der Waals surface area contributed by atoms with Gasteiger partial charge in [-0.2, -0.15) is 0 Å². The van der Waals surface area contributed by atoms with Gasteiger partial charge in [0.2, 0.25) is 0 Å². The zero-order valence-electron chi connectivity index (χ0n) is 12.0. The van der Waals surface area contributed by atoms with Gasteiger partial charge in [-0.05, 0) is 51.8 Å². The van der Waals surface area contributed by atoms with Crippen molar-refractivity contribution in [2.24, 2.45) is 0 Å². The summed E-state index contributed by atoms with van der Waals surface area (Å²) in [4.78, 5) is 10.9. The second-order valence-electron chi connectivity index (χ2n) is 5.56. The number of carbonyl (C=O) groups is 1. The summed E-state index contributed by atoms with van der Waals surface area (Å²) in [5.41, 5.74) is 8.15. The summed E-state index contributed by atoms with van der Waals surface area (Å²) in [6, 6.07) is 10.4. The van der Waals surface area contributed by atoms with Gasteiger partial charge in [-0.25, -0.2) is 0 Å². The first-order valence-corrected chi connectivity index (χ1v) is 8.30. The molecule has 1 aliphatic rings. The van der Waals surface area contributed by atoms with E-state index in [9.17, 15) is 4.79 Å². The Bertz CT molecular complexity index is 738. The van der Waals surface area contributed by atoms with E-state index in [2.05, 4.69) is 18.2 Å². The summed E-state index contributed by atoms with van der Waals surface area (Å²) < 4.78 is 0. The van der Waals surface area contributed by atoms with Crippen molar-refractivity contribution in [1.82, 2.24) is 0 Å². The lowest BCUT2D eigenvalue weighted by molar-refractivity contribution is -0.136. The highest BCUT2D eigenvalue weighted by atomic mass is 35.5. The van der Waals surface area contributed by atoms with Gasteiger partial charge in [0.15, 0.2) is 0 Å². The van der Waals surface area contributed by atoms with Gasteiger partial charge in [0.05, 0.1) is 0 Å². The van der Waals surface area contributed by atoms with Crippen LogP contribution < -0.4 is 0 Å². The van der Waals surface area contributed by atoms with Crippen molar-refractivity contribution in [1.29, 1.82) is 0 Å². The van der Waals surface area contributed by atoms with E-state index in [0.29, 0.717) is 18.2 Å². The molecule has 1 aliphatic carbocycles. The molecule has 0 amide bonds. The summed E-state index contributed by atoms with van der Waals surface area (Å²) >= 11 is 12.0. The number of hydrogen-bond donors (Lipinski definition) is 1. The number of hydrogen-bond acceptors (Lipinski definition) is 1. The van der Waals surface area contributed by atoms with Gasteiger partial charge in [0.1, 0.15) is 0 Å². The molecule has 0 bridgehead atoms. The molecule has 0 atom stereocenters. The lowest BCUT2D eigenvalue weighted by Crippen LogP contribution is -2.03. The van der Waals surface area contributed by atoms with Crippen molar-refractivity contribution >= 4 is 29.2 Å². The van der Waals surface area contributed by atoms with Gasteiger partial charge in [0.25, 0.3) is 0 Å². The smallest absolute Gasteiger partial charge is 0.303 e. The average Bonchev–Trinajstić information content (AvgIpc) is 2.89. The van der Waals surface area contributed by atoms with Crippen molar-refractivity contribution < 1.29 is 9.90 Å². The van der Waals surface area contributed by atoms with Crippen LogP contribution in [0.3, 0.4) is 0 Å². The Hall–Kier alpha value is -1.51. The fraction of sp³-hybridized carbons (Fsp3) is 0.278. The average molecular weight is 335 g/mol. The van der Waals surface area contributed by atoms with Crippen molar-refractivity contribution in [3.8, 4) is 11.1 Å². The van der Waals surface area contributed by atoms with Crippen LogP contribution in [-0.4, -0.2) is 11.1 Å². The van der Waals surface area contributed by atoms with Crippen molar-refractivity contribution in [3.05, 3.63) is 58.1 Å². The fourth-order valence-corrected chi connectivity index (χ4v) is 3.61. The SMILES string of the molecule is O=C(O)CCc1c(CCl)ccc2c1Cc1cc(CCl)ccc1-2. The summed E-state index contributed by atoms with van der Waals surface area (Å²) in [5, 5.41) is 8.98. The first kappa shape index (κ1) is 15.4. The Morgan fingerprint density at radius 1 is 1.09 bits per heavy atom. The van der Waals surface area contributed by atoms with Crippen LogP contribution in [0.5, 0.6) is 0 Å². The van der Waals surface area contributed by atoms with Crippen LogP contribution in [-0.2, 0) is 29.4 Å². The molecule has 22 heavy (non-hydrogen) atoms. The molecule has 0 aromatic heterocycles. The van der Waals surface area contributed by atoms with Gasteiger partial charge in [-0.1, -0.05) is 30.3 Å². The second kappa shape index (κ2) is 6.31. The fourth-order valence-electron chi connectivity index (χ4n) is 3.19. The second-order valence-corrected chi connectivity index (χ2v) is 6.09. The van der Waals surface area contributed by atoms with Crippen LogP contribution in [0.2, 0.25) is 0 Å². The molecular weight excluding hydrogens is 319 g/mol. The van der Waals surface area contributed by atoms with E-state index in [-0.39, 0.29) is 6.42 Å². The van der Waals surface area contributed by atoms with Crippen molar-refractivity contribution in [2.45, 2.75) is 31.0 Å². The third-order valence-electron chi connectivity index (χ3n) is 4.24. The van der Waals surface area contributed by atoms with E-state index in [1.54, 1.807) is 0 Å². The van der Waals surface area contributed by atoms with E-state index >= 15 is 0 Å².